The van der Waals surface area contributed by atoms with Gasteiger partial charge in [-0.25, -0.2) is 0 Å². The molecule has 0 spiro atoms. The lowest BCUT2D eigenvalue weighted by Gasteiger charge is -2.32. The second-order valence-electron chi connectivity index (χ2n) is 6.67. The van der Waals surface area contributed by atoms with Crippen LogP contribution in [0, 0.1) is 6.92 Å². The van der Waals surface area contributed by atoms with Crippen LogP contribution in [0.4, 0.5) is 0 Å². The molecule has 1 aromatic rings. The largest absolute Gasteiger partial charge is 0.387 e. The van der Waals surface area contributed by atoms with Crippen LogP contribution in [-0.4, -0.2) is 53.7 Å². The highest BCUT2D eigenvalue weighted by Crippen LogP contribution is 2.23. The van der Waals surface area contributed by atoms with E-state index in [9.17, 15) is 5.11 Å². The number of aliphatic hydroxyl groups excluding tert-OH is 1. The van der Waals surface area contributed by atoms with E-state index in [4.69, 9.17) is 0 Å². The topological polar surface area (TPSA) is 26.7 Å². The van der Waals surface area contributed by atoms with Gasteiger partial charge in [0.1, 0.15) is 0 Å². The van der Waals surface area contributed by atoms with Gasteiger partial charge in [-0.15, -0.1) is 0 Å². The van der Waals surface area contributed by atoms with Crippen molar-refractivity contribution in [1.82, 2.24) is 9.80 Å². The summed E-state index contributed by atoms with van der Waals surface area (Å²) in [4.78, 5) is 5.11. The van der Waals surface area contributed by atoms with Crippen LogP contribution in [0.15, 0.2) is 24.3 Å². The first-order valence-corrected chi connectivity index (χ1v) is 8.44. The normalized spacial score (nSPS) is 26.1. The van der Waals surface area contributed by atoms with Crippen molar-refractivity contribution >= 4 is 0 Å². The maximum absolute atomic E-state index is 10.5. The molecule has 0 aliphatic carbocycles. The van der Waals surface area contributed by atoms with E-state index in [-0.39, 0.29) is 6.10 Å². The van der Waals surface area contributed by atoms with Crippen LogP contribution in [0.3, 0.4) is 0 Å². The SMILES string of the molecule is Cc1ccccc1C(O)CN1CCC(N2CCCCC2)C1. The third kappa shape index (κ3) is 3.65. The zero-order chi connectivity index (χ0) is 14.7. The molecule has 116 valence electrons. The van der Waals surface area contributed by atoms with Crippen LogP contribution in [0.1, 0.15) is 42.9 Å². The molecule has 2 saturated heterocycles. The molecule has 1 N–H and O–H groups in total. The van der Waals surface area contributed by atoms with Crippen molar-refractivity contribution in [1.29, 1.82) is 0 Å². The summed E-state index contributed by atoms with van der Waals surface area (Å²) in [5, 5.41) is 10.5. The van der Waals surface area contributed by atoms with Crippen molar-refractivity contribution in [2.45, 2.75) is 44.8 Å². The van der Waals surface area contributed by atoms with Crippen molar-refractivity contribution in [3.8, 4) is 0 Å². The Bertz CT molecular complexity index is 456. The van der Waals surface area contributed by atoms with Crippen LogP contribution in [0.25, 0.3) is 0 Å². The summed E-state index contributed by atoms with van der Waals surface area (Å²) in [6, 6.07) is 8.91. The number of hydrogen-bond donors (Lipinski definition) is 1. The molecule has 3 heteroatoms. The summed E-state index contributed by atoms with van der Waals surface area (Å²) in [5.74, 6) is 0. The summed E-state index contributed by atoms with van der Waals surface area (Å²) in [6.07, 6.45) is 5.04. The maximum atomic E-state index is 10.5. The summed E-state index contributed by atoms with van der Waals surface area (Å²) >= 11 is 0. The second-order valence-corrected chi connectivity index (χ2v) is 6.67. The zero-order valence-electron chi connectivity index (χ0n) is 13.2. The predicted molar refractivity (Wildman–Crippen MR) is 86.4 cm³/mol. The molecule has 2 fully saturated rings. The third-order valence-corrected chi connectivity index (χ3v) is 5.13. The minimum atomic E-state index is -0.355. The summed E-state index contributed by atoms with van der Waals surface area (Å²) in [5.41, 5.74) is 2.27. The zero-order valence-corrected chi connectivity index (χ0v) is 13.2. The fourth-order valence-corrected chi connectivity index (χ4v) is 3.86. The average molecular weight is 288 g/mol. The minimum Gasteiger partial charge on any atom is -0.387 e. The van der Waals surface area contributed by atoms with Gasteiger partial charge in [-0.05, 0) is 56.9 Å². The highest BCUT2D eigenvalue weighted by atomic mass is 16.3. The Labute approximate surface area is 128 Å². The molecule has 3 nitrogen and oxygen atoms in total. The Hall–Kier alpha value is -0.900. The van der Waals surface area contributed by atoms with Crippen molar-refractivity contribution in [2.24, 2.45) is 0 Å². The number of nitrogens with zero attached hydrogens (tertiary/aromatic N) is 2. The molecule has 21 heavy (non-hydrogen) atoms. The number of likely N-dealkylation sites (tertiary alicyclic amines) is 2. The molecule has 1 aromatic carbocycles. The van der Waals surface area contributed by atoms with E-state index < -0.39 is 0 Å². The Morgan fingerprint density at radius 1 is 1.14 bits per heavy atom. The molecule has 2 unspecified atom stereocenters. The first kappa shape index (κ1) is 15.0. The van der Waals surface area contributed by atoms with E-state index >= 15 is 0 Å². The van der Waals surface area contributed by atoms with Gasteiger partial charge in [-0.2, -0.15) is 0 Å². The van der Waals surface area contributed by atoms with E-state index in [1.165, 1.54) is 44.3 Å². The Balaban J connectivity index is 1.53. The van der Waals surface area contributed by atoms with Crippen LogP contribution >= 0.6 is 0 Å². The van der Waals surface area contributed by atoms with Crippen LogP contribution in [0.5, 0.6) is 0 Å². The lowest BCUT2D eigenvalue weighted by Crippen LogP contribution is -2.41. The number of rotatable bonds is 4. The van der Waals surface area contributed by atoms with E-state index in [1.807, 2.05) is 12.1 Å². The van der Waals surface area contributed by atoms with Gasteiger partial charge < -0.3 is 5.11 Å². The lowest BCUT2D eigenvalue weighted by molar-refractivity contribution is 0.114. The number of hydrogen-bond acceptors (Lipinski definition) is 3. The quantitative estimate of drug-likeness (QED) is 0.922. The molecule has 2 aliphatic heterocycles. The van der Waals surface area contributed by atoms with Gasteiger partial charge in [0.15, 0.2) is 0 Å². The summed E-state index contributed by atoms with van der Waals surface area (Å²) < 4.78 is 0. The fourth-order valence-electron chi connectivity index (χ4n) is 3.86. The van der Waals surface area contributed by atoms with Crippen molar-refractivity contribution in [3.05, 3.63) is 35.4 Å². The van der Waals surface area contributed by atoms with Gasteiger partial charge in [0.05, 0.1) is 6.10 Å². The number of piperidine rings is 1. The van der Waals surface area contributed by atoms with Gasteiger partial charge in [0.25, 0.3) is 0 Å². The molecule has 0 amide bonds. The lowest BCUT2D eigenvalue weighted by atomic mass is 10.0. The van der Waals surface area contributed by atoms with Gasteiger partial charge in [-0.3, -0.25) is 9.80 Å². The molecule has 3 rings (SSSR count). The molecule has 0 radical (unpaired) electrons. The number of benzene rings is 1. The first-order valence-electron chi connectivity index (χ1n) is 8.44. The summed E-state index contributed by atoms with van der Waals surface area (Å²) in [7, 11) is 0. The van der Waals surface area contributed by atoms with E-state index in [2.05, 4.69) is 28.9 Å². The van der Waals surface area contributed by atoms with Crippen LogP contribution < -0.4 is 0 Å². The number of aliphatic hydroxyl groups is 1. The van der Waals surface area contributed by atoms with Crippen LogP contribution in [-0.2, 0) is 0 Å². The predicted octanol–water partition coefficient (Wildman–Crippen LogP) is 2.59. The molecule has 0 aromatic heterocycles. The maximum Gasteiger partial charge on any atom is 0.0919 e. The minimum absolute atomic E-state index is 0.355. The standard InChI is InChI=1S/C18H28N2O/c1-15-7-3-4-8-17(15)18(21)14-19-12-9-16(13-19)20-10-5-2-6-11-20/h3-4,7-8,16,18,21H,2,5-6,9-14H2,1H3. The third-order valence-electron chi connectivity index (χ3n) is 5.13. The monoisotopic (exact) mass is 288 g/mol. The molecular weight excluding hydrogens is 260 g/mol. The molecule has 2 heterocycles. The second kappa shape index (κ2) is 6.91. The molecular formula is C18H28N2O. The van der Waals surface area contributed by atoms with Crippen LogP contribution in [0.2, 0.25) is 0 Å². The molecule has 2 atom stereocenters. The van der Waals surface area contributed by atoms with E-state index in [1.54, 1.807) is 0 Å². The van der Waals surface area contributed by atoms with Gasteiger partial charge >= 0.3 is 0 Å². The van der Waals surface area contributed by atoms with Gasteiger partial charge in [0.2, 0.25) is 0 Å². The summed E-state index contributed by atoms with van der Waals surface area (Å²) in [6.45, 7) is 7.67. The number of β-amino-alcohol motifs (C(OH)–C–C–N with tert-alkyl or cyclic N) is 1. The van der Waals surface area contributed by atoms with Crippen molar-refractivity contribution < 1.29 is 5.11 Å². The highest BCUT2D eigenvalue weighted by Gasteiger charge is 2.29. The Morgan fingerprint density at radius 3 is 2.67 bits per heavy atom. The Kier molecular flexibility index (Phi) is 4.94. The van der Waals surface area contributed by atoms with Crippen molar-refractivity contribution in [3.63, 3.8) is 0 Å². The highest BCUT2D eigenvalue weighted by molar-refractivity contribution is 5.27. The Morgan fingerprint density at radius 2 is 1.90 bits per heavy atom. The van der Waals surface area contributed by atoms with E-state index in [0.29, 0.717) is 0 Å². The first-order chi connectivity index (χ1) is 10.2. The smallest absolute Gasteiger partial charge is 0.0919 e. The van der Waals surface area contributed by atoms with Gasteiger partial charge in [-0.1, -0.05) is 30.7 Å². The fraction of sp³-hybridized carbons (Fsp3) is 0.667. The molecule has 2 aliphatic rings. The van der Waals surface area contributed by atoms with Crippen molar-refractivity contribution in [2.75, 3.05) is 32.7 Å². The number of aryl methyl sites for hydroxylation is 1. The average Bonchev–Trinajstić information content (AvgIpc) is 2.97. The molecule has 0 saturated carbocycles. The van der Waals surface area contributed by atoms with Gasteiger partial charge in [0, 0.05) is 19.1 Å². The van der Waals surface area contributed by atoms with E-state index in [0.717, 1.165) is 31.2 Å². The molecule has 0 bridgehead atoms.